The Morgan fingerprint density at radius 1 is 0.826 bits per heavy atom. The molecular weight excluding hydrogens is 280 g/mol. The van der Waals surface area contributed by atoms with Crippen LogP contribution < -0.4 is 4.57 Å². The molecule has 1 aromatic rings. The van der Waals surface area contributed by atoms with Crippen LogP contribution in [0.1, 0.15) is 90.0 Å². The van der Waals surface area contributed by atoms with Crippen LogP contribution in [-0.2, 0) is 13.0 Å². The Morgan fingerprint density at radius 3 is 1.96 bits per heavy atom. The van der Waals surface area contributed by atoms with E-state index in [4.69, 9.17) is 11.8 Å². The van der Waals surface area contributed by atoms with Crippen LogP contribution in [0.15, 0.2) is 24.5 Å². The lowest BCUT2D eigenvalue weighted by Gasteiger charge is -2.02. The zero-order valence-electron chi connectivity index (χ0n) is 15.4. The molecule has 0 atom stereocenters. The highest BCUT2D eigenvalue weighted by molar-refractivity contribution is 5.04. The molecule has 1 rings (SSSR count). The molecule has 0 fully saturated rings. The van der Waals surface area contributed by atoms with Crippen molar-refractivity contribution in [3.8, 4) is 0 Å². The van der Waals surface area contributed by atoms with Crippen molar-refractivity contribution in [1.29, 1.82) is 5.26 Å². The third-order valence-electron chi connectivity index (χ3n) is 4.23. The Bertz CT molecular complexity index is 384. The van der Waals surface area contributed by atoms with Gasteiger partial charge in [-0.25, -0.2) is 4.57 Å². The molecule has 0 amide bonds. The fourth-order valence-corrected chi connectivity index (χ4v) is 2.93. The SMILES string of the molecule is CCCCCCCCCCCC[n+]1cccc(CCC)c1.[C-]#N. The zero-order valence-corrected chi connectivity index (χ0v) is 15.4. The Kier molecular flexibility index (Phi) is 16.0. The number of aryl methyl sites for hydroxylation is 2. The van der Waals surface area contributed by atoms with E-state index in [0.717, 1.165) is 0 Å². The van der Waals surface area contributed by atoms with Gasteiger partial charge in [-0.2, -0.15) is 0 Å². The van der Waals surface area contributed by atoms with Gasteiger partial charge in [0.05, 0.1) is 0 Å². The van der Waals surface area contributed by atoms with E-state index in [0.29, 0.717) is 0 Å². The van der Waals surface area contributed by atoms with Crippen LogP contribution in [0.25, 0.3) is 0 Å². The Morgan fingerprint density at radius 2 is 1.39 bits per heavy atom. The summed E-state index contributed by atoms with van der Waals surface area (Å²) in [7, 11) is 0. The van der Waals surface area contributed by atoms with Gasteiger partial charge < -0.3 is 11.8 Å². The molecule has 0 N–H and O–H groups in total. The fraction of sp³-hybridized carbons (Fsp3) is 0.714. The molecule has 0 unspecified atom stereocenters. The first-order valence-corrected chi connectivity index (χ1v) is 9.57. The van der Waals surface area contributed by atoms with E-state index >= 15 is 0 Å². The van der Waals surface area contributed by atoms with Gasteiger partial charge >= 0.3 is 0 Å². The van der Waals surface area contributed by atoms with Crippen molar-refractivity contribution in [3.05, 3.63) is 36.7 Å². The van der Waals surface area contributed by atoms with Crippen LogP contribution in [0, 0.1) is 11.8 Å². The lowest BCUT2D eigenvalue weighted by Crippen LogP contribution is -2.33. The van der Waals surface area contributed by atoms with E-state index in [1.807, 2.05) is 0 Å². The topological polar surface area (TPSA) is 27.7 Å². The van der Waals surface area contributed by atoms with E-state index in [1.54, 1.807) is 0 Å². The molecule has 0 bridgehead atoms. The molecular formula is C21H36N2. The molecule has 0 spiro atoms. The fourth-order valence-electron chi connectivity index (χ4n) is 2.93. The van der Waals surface area contributed by atoms with Gasteiger partial charge in [0.25, 0.3) is 0 Å². The van der Waals surface area contributed by atoms with Gasteiger partial charge in [-0.15, -0.1) is 0 Å². The summed E-state index contributed by atoms with van der Waals surface area (Å²) in [5.41, 5.74) is 1.48. The molecule has 0 aliphatic rings. The third-order valence-corrected chi connectivity index (χ3v) is 4.23. The first-order chi connectivity index (χ1) is 11.4. The molecule has 0 radical (unpaired) electrons. The molecule has 0 aliphatic heterocycles. The Balaban J connectivity index is 0.00000232. The van der Waals surface area contributed by atoms with Crippen molar-refractivity contribution in [2.75, 3.05) is 0 Å². The molecule has 130 valence electrons. The minimum absolute atomic E-state index is 1.19. The van der Waals surface area contributed by atoms with Gasteiger partial charge in [-0.05, 0) is 18.9 Å². The summed E-state index contributed by atoms with van der Waals surface area (Å²) in [6, 6.07) is 4.44. The summed E-state index contributed by atoms with van der Waals surface area (Å²) in [5, 5.41) is 6.25. The van der Waals surface area contributed by atoms with E-state index < -0.39 is 0 Å². The number of hydrogen-bond donors (Lipinski definition) is 0. The zero-order chi connectivity index (χ0) is 17.2. The summed E-state index contributed by atoms with van der Waals surface area (Å²) in [4.78, 5) is 0. The van der Waals surface area contributed by atoms with Gasteiger partial charge in [-0.1, -0.05) is 71.6 Å². The normalized spacial score (nSPS) is 10.1. The molecule has 1 heterocycles. The number of nitrogens with zero attached hydrogens (tertiary/aromatic N) is 2. The lowest BCUT2D eigenvalue weighted by molar-refractivity contribution is -0.697. The largest absolute Gasteiger partial charge is 0.512 e. The van der Waals surface area contributed by atoms with Crippen LogP contribution in [0.5, 0.6) is 0 Å². The second kappa shape index (κ2) is 17.0. The first kappa shape index (κ1) is 21.6. The van der Waals surface area contributed by atoms with E-state index in [1.165, 1.54) is 89.2 Å². The molecule has 0 aliphatic carbocycles. The van der Waals surface area contributed by atoms with E-state index in [-0.39, 0.29) is 0 Å². The molecule has 0 saturated carbocycles. The third kappa shape index (κ3) is 12.8. The molecule has 0 aromatic carbocycles. The van der Waals surface area contributed by atoms with Crippen molar-refractivity contribution in [3.63, 3.8) is 0 Å². The van der Waals surface area contributed by atoms with Crippen molar-refractivity contribution < 1.29 is 4.57 Å². The molecule has 2 nitrogen and oxygen atoms in total. The quantitative estimate of drug-likeness (QED) is 0.251. The maximum absolute atomic E-state index is 6.25. The van der Waals surface area contributed by atoms with Crippen molar-refractivity contribution in [2.45, 2.75) is 97.4 Å². The highest BCUT2D eigenvalue weighted by Crippen LogP contribution is 2.10. The highest BCUT2D eigenvalue weighted by atomic mass is 14.9. The Labute approximate surface area is 144 Å². The summed E-state index contributed by atoms with van der Waals surface area (Å²) < 4.78 is 2.37. The van der Waals surface area contributed by atoms with Gasteiger partial charge in [0.15, 0.2) is 12.4 Å². The van der Waals surface area contributed by atoms with Gasteiger partial charge in [0.1, 0.15) is 6.54 Å². The first-order valence-electron chi connectivity index (χ1n) is 9.57. The number of unbranched alkanes of at least 4 members (excludes halogenated alkanes) is 9. The average molecular weight is 317 g/mol. The number of aromatic nitrogens is 1. The van der Waals surface area contributed by atoms with E-state index in [2.05, 4.69) is 42.9 Å². The second-order valence-corrected chi connectivity index (χ2v) is 6.38. The lowest BCUT2D eigenvalue weighted by atomic mass is 10.1. The molecule has 0 saturated heterocycles. The van der Waals surface area contributed by atoms with Crippen LogP contribution in [0.4, 0.5) is 0 Å². The molecule has 2 heteroatoms. The standard InChI is InChI=1S/C20H36N.CN/c1-3-5-6-7-8-9-10-11-12-13-17-21-18-14-16-20(19-21)15-4-2;1-2/h14,16,18-19H,3-13,15,17H2,1-2H3;/q+1;-1. The van der Waals surface area contributed by atoms with Gasteiger partial charge in [-0.3, -0.25) is 0 Å². The molecule has 23 heavy (non-hydrogen) atoms. The monoisotopic (exact) mass is 316 g/mol. The number of rotatable bonds is 13. The summed E-state index contributed by atoms with van der Waals surface area (Å²) in [6.45, 7) is 10.5. The predicted molar refractivity (Wildman–Crippen MR) is 97.4 cm³/mol. The molecule has 1 aromatic heterocycles. The van der Waals surface area contributed by atoms with E-state index in [9.17, 15) is 0 Å². The summed E-state index contributed by atoms with van der Waals surface area (Å²) in [5.74, 6) is 0. The van der Waals surface area contributed by atoms with Gasteiger partial charge in [0.2, 0.25) is 0 Å². The van der Waals surface area contributed by atoms with Crippen LogP contribution in [0.3, 0.4) is 0 Å². The Hall–Kier alpha value is -1.36. The minimum Gasteiger partial charge on any atom is -0.512 e. The van der Waals surface area contributed by atoms with Crippen LogP contribution in [-0.4, -0.2) is 0 Å². The van der Waals surface area contributed by atoms with Crippen LogP contribution in [0.2, 0.25) is 0 Å². The van der Waals surface area contributed by atoms with Crippen molar-refractivity contribution >= 4 is 0 Å². The number of pyridine rings is 1. The van der Waals surface area contributed by atoms with Crippen LogP contribution >= 0.6 is 0 Å². The predicted octanol–water partition coefficient (Wildman–Crippen LogP) is 5.94. The van der Waals surface area contributed by atoms with Gasteiger partial charge in [0, 0.05) is 18.1 Å². The smallest absolute Gasteiger partial charge is 0.171 e. The van der Waals surface area contributed by atoms with Crippen molar-refractivity contribution in [1.82, 2.24) is 0 Å². The highest BCUT2D eigenvalue weighted by Gasteiger charge is 2.02. The average Bonchev–Trinajstić information content (AvgIpc) is 2.59. The minimum atomic E-state index is 1.19. The second-order valence-electron chi connectivity index (χ2n) is 6.38. The summed E-state index contributed by atoms with van der Waals surface area (Å²) in [6.07, 6.45) is 21.1. The maximum Gasteiger partial charge on any atom is 0.171 e. The van der Waals surface area contributed by atoms with Crippen molar-refractivity contribution in [2.24, 2.45) is 0 Å². The maximum atomic E-state index is 6.25. The number of hydrogen-bond acceptors (Lipinski definition) is 1. The summed E-state index contributed by atoms with van der Waals surface area (Å²) >= 11 is 0.